The summed E-state index contributed by atoms with van der Waals surface area (Å²) in [5.41, 5.74) is 1.64. The van der Waals surface area contributed by atoms with Gasteiger partial charge in [0.05, 0.1) is 12.8 Å². The summed E-state index contributed by atoms with van der Waals surface area (Å²) in [6.07, 6.45) is 0. The Morgan fingerprint density at radius 1 is 0.889 bits per heavy atom. The molecule has 0 bridgehead atoms. The molecule has 4 N–H and O–H groups in total. The number of methoxy groups -OCH3 is 1. The minimum atomic E-state index is -0.395. The van der Waals surface area contributed by atoms with Gasteiger partial charge < -0.3 is 26.0 Å². The Labute approximate surface area is 157 Å². The summed E-state index contributed by atoms with van der Waals surface area (Å²) in [5.74, 6) is 0.115. The van der Waals surface area contributed by atoms with E-state index in [0.29, 0.717) is 22.7 Å². The lowest BCUT2D eigenvalue weighted by molar-refractivity contribution is -0.114. The first kappa shape index (κ1) is 19.8. The molecule has 27 heavy (non-hydrogen) atoms. The van der Waals surface area contributed by atoms with Crippen LogP contribution >= 0.6 is 0 Å². The van der Waals surface area contributed by atoms with Gasteiger partial charge in [0.2, 0.25) is 5.91 Å². The Morgan fingerprint density at radius 2 is 1.56 bits per heavy atom. The van der Waals surface area contributed by atoms with Gasteiger partial charge >= 0.3 is 6.03 Å². The van der Waals surface area contributed by atoms with Crippen molar-refractivity contribution in [1.82, 2.24) is 10.6 Å². The van der Waals surface area contributed by atoms with Crippen LogP contribution in [-0.2, 0) is 4.79 Å². The second-order valence-corrected chi connectivity index (χ2v) is 5.60. The predicted octanol–water partition coefficient (Wildman–Crippen LogP) is 2.21. The summed E-state index contributed by atoms with van der Waals surface area (Å²) in [6.45, 7) is 1.94. The van der Waals surface area contributed by atoms with E-state index in [-0.39, 0.29) is 24.9 Å². The van der Waals surface area contributed by atoms with E-state index in [9.17, 15) is 14.4 Å². The molecule has 0 aliphatic rings. The molecular formula is C19H22N4O4. The summed E-state index contributed by atoms with van der Waals surface area (Å²) in [7, 11) is 1.52. The highest BCUT2D eigenvalue weighted by Crippen LogP contribution is 2.22. The van der Waals surface area contributed by atoms with E-state index in [1.54, 1.807) is 48.5 Å². The fourth-order valence-electron chi connectivity index (χ4n) is 2.28. The van der Waals surface area contributed by atoms with Crippen LogP contribution in [-0.4, -0.2) is 38.0 Å². The molecule has 0 spiro atoms. The normalized spacial score (nSPS) is 9.85. The third-order valence-electron chi connectivity index (χ3n) is 3.52. The van der Waals surface area contributed by atoms with Crippen molar-refractivity contribution in [3.05, 3.63) is 54.1 Å². The van der Waals surface area contributed by atoms with Gasteiger partial charge in [-0.2, -0.15) is 0 Å². The average Bonchev–Trinajstić information content (AvgIpc) is 2.65. The first-order valence-electron chi connectivity index (χ1n) is 8.33. The van der Waals surface area contributed by atoms with Crippen molar-refractivity contribution in [2.75, 3.05) is 30.8 Å². The molecule has 0 saturated carbocycles. The maximum Gasteiger partial charge on any atom is 0.319 e. The highest BCUT2D eigenvalue weighted by atomic mass is 16.5. The molecule has 0 fully saturated rings. The number of hydrogen-bond acceptors (Lipinski definition) is 4. The van der Waals surface area contributed by atoms with Crippen LogP contribution < -0.4 is 26.0 Å². The number of para-hydroxylation sites is 2. The summed E-state index contributed by atoms with van der Waals surface area (Å²) in [5, 5.41) is 10.7. The number of amides is 4. The van der Waals surface area contributed by atoms with E-state index in [2.05, 4.69) is 21.3 Å². The van der Waals surface area contributed by atoms with Crippen LogP contribution in [0.5, 0.6) is 5.75 Å². The molecule has 8 nitrogen and oxygen atoms in total. The first-order chi connectivity index (χ1) is 13.0. The van der Waals surface area contributed by atoms with Crippen molar-refractivity contribution in [1.29, 1.82) is 0 Å². The fraction of sp³-hybridized carbons (Fsp3) is 0.211. The average molecular weight is 370 g/mol. The summed E-state index contributed by atoms with van der Waals surface area (Å²) in [4.78, 5) is 34.9. The van der Waals surface area contributed by atoms with E-state index < -0.39 is 6.03 Å². The van der Waals surface area contributed by atoms with Crippen LogP contribution in [0.25, 0.3) is 0 Å². The summed E-state index contributed by atoms with van der Waals surface area (Å²) >= 11 is 0. The van der Waals surface area contributed by atoms with E-state index in [4.69, 9.17) is 4.74 Å². The third-order valence-corrected chi connectivity index (χ3v) is 3.52. The molecule has 0 aromatic heterocycles. The van der Waals surface area contributed by atoms with Crippen molar-refractivity contribution in [2.45, 2.75) is 6.92 Å². The van der Waals surface area contributed by atoms with Gasteiger partial charge in [0.25, 0.3) is 5.91 Å². The van der Waals surface area contributed by atoms with Crippen LogP contribution in [0.2, 0.25) is 0 Å². The Bertz CT molecular complexity index is 806. The van der Waals surface area contributed by atoms with E-state index in [1.165, 1.54) is 14.0 Å². The first-order valence-corrected chi connectivity index (χ1v) is 8.33. The smallest absolute Gasteiger partial charge is 0.319 e. The molecule has 2 aromatic carbocycles. The Balaban J connectivity index is 1.73. The molecular weight excluding hydrogens is 348 g/mol. The van der Waals surface area contributed by atoms with Crippen molar-refractivity contribution in [3.8, 4) is 5.75 Å². The minimum absolute atomic E-state index is 0.176. The molecule has 8 heteroatoms. The zero-order valence-electron chi connectivity index (χ0n) is 15.2. The maximum absolute atomic E-state index is 12.1. The second-order valence-electron chi connectivity index (χ2n) is 5.60. The number of hydrogen-bond donors (Lipinski definition) is 4. The molecule has 2 aromatic rings. The molecule has 0 saturated heterocycles. The number of benzene rings is 2. The number of rotatable bonds is 7. The van der Waals surface area contributed by atoms with Crippen molar-refractivity contribution < 1.29 is 19.1 Å². The topological polar surface area (TPSA) is 109 Å². The van der Waals surface area contributed by atoms with Gasteiger partial charge in [-0.25, -0.2) is 4.79 Å². The maximum atomic E-state index is 12.1. The Morgan fingerprint density at radius 3 is 2.22 bits per heavy atom. The number of carbonyl (C=O) groups is 3. The van der Waals surface area contributed by atoms with Crippen LogP contribution in [0.1, 0.15) is 17.3 Å². The highest BCUT2D eigenvalue weighted by Gasteiger charge is 2.07. The SMILES string of the molecule is COc1ccccc1NC(=O)NCCNC(=O)c1ccc(NC(C)=O)cc1. The van der Waals surface area contributed by atoms with Crippen molar-refractivity contribution in [2.24, 2.45) is 0 Å². The molecule has 0 radical (unpaired) electrons. The van der Waals surface area contributed by atoms with Gasteiger partial charge in [-0.3, -0.25) is 9.59 Å². The number of nitrogens with one attached hydrogen (secondary N) is 4. The third kappa shape index (κ3) is 6.35. The number of carbonyl (C=O) groups excluding carboxylic acids is 3. The lowest BCUT2D eigenvalue weighted by Crippen LogP contribution is -2.36. The van der Waals surface area contributed by atoms with E-state index in [0.717, 1.165) is 0 Å². The van der Waals surface area contributed by atoms with Gasteiger partial charge in [-0.05, 0) is 36.4 Å². The van der Waals surface area contributed by atoms with Crippen LogP contribution in [0.15, 0.2) is 48.5 Å². The zero-order chi connectivity index (χ0) is 19.6. The van der Waals surface area contributed by atoms with Crippen LogP contribution in [0.4, 0.5) is 16.2 Å². The molecule has 2 rings (SSSR count). The molecule has 0 aliphatic heterocycles. The highest BCUT2D eigenvalue weighted by molar-refractivity contribution is 5.95. The largest absolute Gasteiger partial charge is 0.495 e. The van der Waals surface area contributed by atoms with Crippen molar-refractivity contribution >= 4 is 29.2 Å². The Hall–Kier alpha value is -3.55. The minimum Gasteiger partial charge on any atom is -0.495 e. The summed E-state index contributed by atoms with van der Waals surface area (Å²) in [6, 6.07) is 13.2. The van der Waals surface area contributed by atoms with Crippen molar-refractivity contribution in [3.63, 3.8) is 0 Å². The molecule has 0 atom stereocenters. The molecule has 142 valence electrons. The van der Waals surface area contributed by atoms with Gasteiger partial charge in [0.15, 0.2) is 0 Å². The number of ether oxygens (including phenoxy) is 1. The Kier molecular flexibility index (Phi) is 7.18. The lowest BCUT2D eigenvalue weighted by Gasteiger charge is -2.11. The zero-order valence-corrected chi connectivity index (χ0v) is 15.2. The fourth-order valence-corrected chi connectivity index (χ4v) is 2.28. The van der Waals surface area contributed by atoms with Gasteiger partial charge in [0, 0.05) is 31.3 Å². The van der Waals surface area contributed by atoms with Crippen LogP contribution in [0.3, 0.4) is 0 Å². The summed E-state index contributed by atoms with van der Waals surface area (Å²) < 4.78 is 5.16. The standard InChI is InChI=1S/C19H22N4O4/c1-13(24)22-15-9-7-14(8-10-15)18(25)20-11-12-21-19(26)23-16-5-3-4-6-17(16)27-2/h3-10H,11-12H2,1-2H3,(H,20,25)(H,22,24)(H2,21,23,26). The number of anilines is 2. The van der Waals surface area contributed by atoms with E-state index in [1.807, 2.05) is 0 Å². The number of urea groups is 1. The van der Waals surface area contributed by atoms with Gasteiger partial charge in [0.1, 0.15) is 5.75 Å². The van der Waals surface area contributed by atoms with Gasteiger partial charge in [-0.1, -0.05) is 12.1 Å². The predicted molar refractivity (Wildman–Crippen MR) is 103 cm³/mol. The lowest BCUT2D eigenvalue weighted by atomic mass is 10.2. The van der Waals surface area contributed by atoms with Gasteiger partial charge in [-0.15, -0.1) is 0 Å². The molecule has 4 amide bonds. The van der Waals surface area contributed by atoms with E-state index >= 15 is 0 Å². The molecule has 0 heterocycles. The monoisotopic (exact) mass is 370 g/mol. The molecule has 0 unspecified atom stereocenters. The second kappa shape index (κ2) is 9.81. The van der Waals surface area contributed by atoms with Crippen LogP contribution in [0, 0.1) is 0 Å². The molecule has 0 aliphatic carbocycles. The quantitative estimate of drug-likeness (QED) is 0.560.